The van der Waals surface area contributed by atoms with Gasteiger partial charge in [-0.25, -0.2) is 0 Å². The summed E-state index contributed by atoms with van der Waals surface area (Å²) < 4.78 is 7.22. The van der Waals surface area contributed by atoms with E-state index in [2.05, 4.69) is 34.9 Å². The van der Waals surface area contributed by atoms with Gasteiger partial charge in [-0.2, -0.15) is 0 Å². The lowest BCUT2D eigenvalue weighted by Crippen LogP contribution is -2.63. The number of alkyl halides is 3. The molecular weight excluding hydrogens is 325 g/mol. The summed E-state index contributed by atoms with van der Waals surface area (Å²) in [6.07, 6.45) is 2.99. The Morgan fingerprint density at radius 3 is 1.05 bits per heavy atom. The molecule has 3 atom stereocenters. The molecule has 0 radical (unpaired) electrons. The van der Waals surface area contributed by atoms with Crippen molar-refractivity contribution >= 4 is 57.5 Å². The van der Waals surface area contributed by atoms with E-state index in [1.54, 1.807) is 0 Å². The molecule has 0 bridgehead atoms. The first-order valence-corrected chi connectivity index (χ1v) is 9.38. The normalized spacial score (nSPS) is 22.0. The van der Waals surface area contributed by atoms with Crippen molar-refractivity contribution in [1.82, 2.24) is 14.2 Å². The van der Waals surface area contributed by atoms with Crippen molar-refractivity contribution in [3.8, 4) is 0 Å². The Kier molecular flexibility index (Phi) is 10.2. The maximum atomic E-state index is 6.33. The SMILES string of the molecule is CCC(Cl)CN1BN(CC(Cl)CC)BN(CC(Cl)CC)B1. The summed E-state index contributed by atoms with van der Waals surface area (Å²) >= 11 is 19.0. The fourth-order valence-electron chi connectivity index (χ4n) is 2.56. The first-order valence-electron chi connectivity index (χ1n) is 8.07. The predicted octanol–water partition coefficient (Wildman–Crippen LogP) is 1.76. The lowest BCUT2D eigenvalue weighted by atomic mass is 9.73. The predicted molar refractivity (Wildman–Crippen MR) is 101 cm³/mol. The Bertz CT molecular complexity index is 243. The lowest BCUT2D eigenvalue weighted by Gasteiger charge is -2.42. The first kappa shape index (κ1) is 20.0. The highest BCUT2D eigenvalue weighted by Gasteiger charge is 2.30. The van der Waals surface area contributed by atoms with E-state index < -0.39 is 0 Å². The molecule has 120 valence electrons. The Morgan fingerprint density at radius 1 is 0.619 bits per heavy atom. The number of hydrogen-bond acceptors (Lipinski definition) is 3. The van der Waals surface area contributed by atoms with Gasteiger partial charge < -0.3 is 14.2 Å². The van der Waals surface area contributed by atoms with Crippen LogP contribution in [0.25, 0.3) is 0 Å². The molecule has 0 aromatic rings. The molecule has 0 aromatic carbocycles. The third kappa shape index (κ3) is 7.85. The zero-order valence-corrected chi connectivity index (χ0v) is 15.8. The monoisotopic (exact) mass is 351 g/mol. The molecule has 21 heavy (non-hydrogen) atoms. The molecule has 0 spiro atoms. The highest BCUT2D eigenvalue weighted by molar-refractivity contribution is 6.65. The van der Waals surface area contributed by atoms with Crippen LogP contribution in [0.3, 0.4) is 0 Å². The second-order valence-electron chi connectivity index (χ2n) is 6.00. The Balaban J connectivity index is 2.59. The largest absolute Gasteiger partial charge is 0.362 e. The molecule has 9 heteroatoms. The van der Waals surface area contributed by atoms with Crippen LogP contribution in [0.5, 0.6) is 0 Å². The zero-order chi connectivity index (χ0) is 15.8. The third-order valence-corrected chi connectivity index (χ3v) is 5.24. The lowest BCUT2D eigenvalue weighted by molar-refractivity contribution is 0.460. The second-order valence-corrected chi connectivity index (χ2v) is 7.85. The minimum atomic E-state index is 0.211. The minimum absolute atomic E-state index is 0.211. The van der Waals surface area contributed by atoms with Gasteiger partial charge in [-0.1, -0.05) is 20.8 Å². The average Bonchev–Trinajstić information content (AvgIpc) is 2.46. The number of hydrogen-bond donors (Lipinski definition) is 0. The molecule has 1 saturated heterocycles. The second kappa shape index (κ2) is 10.7. The summed E-state index contributed by atoms with van der Waals surface area (Å²) in [5, 5.41) is 0.633. The van der Waals surface area contributed by atoms with Crippen LogP contribution in [0.4, 0.5) is 0 Å². The van der Waals surface area contributed by atoms with Gasteiger partial charge in [-0.3, -0.25) is 0 Å². The molecule has 0 saturated carbocycles. The smallest absolute Gasteiger partial charge is 0.270 e. The van der Waals surface area contributed by atoms with E-state index in [1.807, 2.05) is 0 Å². The van der Waals surface area contributed by atoms with Crippen LogP contribution in [-0.2, 0) is 0 Å². The van der Waals surface area contributed by atoms with E-state index in [9.17, 15) is 0 Å². The summed E-state index contributed by atoms with van der Waals surface area (Å²) in [7, 11) is 2.84. The highest BCUT2D eigenvalue weighted by atomic mass is 35.5. The first-order chi connectivity index (χ1) is 9.98. The number of halogens is 3. The van der Waals surface area contributed by atoms with Gasteiger partial charge in [0.1, 0.15) is 0 Å². The van der Waals surface area contributed by atoms with Crippen molar-refractivity contribution in [1.29, 1.82) is 0 Å². The van der Waals surface area contributed by atoms with Crippen molar-refractivity contribution < 1.29 is 0 Å². The zero-order valence-electron chi connectivity index (χ0n) is 13.6. The van der Waals surface area contributed by atoms with Gasteiger partial charge in [0, 0.05) is 16.1 Å². The van der Waals surface area contributed by atoms with Crippen LogP contribution in [0.1, 0.15) is 40.0 Å². The molecule has 1 aliphatic heterocycles. The van der Waals surface area contributed by atoms with E-state index in [0.29, 0.717) is 0 Å². The van der Waals surface area contributed by atoms with Crippen LogP contribution >= 0.6 is 34.8 Å². The van der Waals surface area contributed by atoms with Crippen molar-refractivity contribution in [2.75, 3.05) is 19.6 Å². The van der Waals surface area contributed by atoms with Crippen LogP contribution < -0.4 is 0 Å². The molecular formula is C12H27B3Cl3N3. The highest BCUT2D eigenvalue weighted by Crippen LogP contribution is 2.12. The van der Waals surface area contributed by atoms with E-state index >= 15 is 0 Å². The third-order valence-electron chi connectivity index (χ3n) is 3.90. The fraction of sp³-hybridized carbons (Fsp3) is 1.00. The van der Waals surface area contributed by atoms with Crippen molar-refractivity contribution in [3.63, 3.8) is 0 Å². The van der Waals surface area contributed by atoms with E-state index in [0.717, 1.165) is 61.5 Å². The van der Waals surface area contributed by atoms with E-state index in [1.165, 1.54) is 0 Å². The average molecular weight is 352 g/mol. The summed E-state index contributed by atoms with van der Waals surface area (Å²) in [6, 6.07) is 0. The van der Waals surface area contributed by atoms with Crippen molar-refractivity contribution in [3.05, 3.63) is 0 Å². The van der Waals surface area contributed by atoms with Gasteiger partial charge in [-0.15, -0.1) is 34.8 Å². The molecule has 1 rings (SSSR count). The standard InChI is InChI=1S/C12H27B3Cl3N3/c1-4-10(16)7-19-13-20(8-11(17)5-2)15-21(14-19)9-12(18)6-3/h10-15H,4-9H2,1-3H3. The molecule has 3 nitrogen and oxygen atoms in total. The summed E-state index contributed by atoms with van der Waals surface area (Å²) in [4.78, 5) is 0. The summed E-state index contributed by atoms with van der Waals surface area (Å²) in [5.74, 6) is 0. The van der Waals surface area contributed by atoms with Gasteiger partial charge in [0.05, 0.1) is 0 Å². The Morgan fingerprint density at radius 2 is 0.857 bits per heavy atom. The van der Waals surface area contributed by atoms with Crippen molar-refractivity contribution in [2.45, 2.75) is 56.2 Å². The number of nitrogens with zero attached hydrogens (tertiary/aromatic N) is 3. The fourth-order valence-corrected chi connectivity index (χ4v) is 3.14. The number of rotatable bonds is 9. The molecule has 3 unspecified atom stereocenters. The Labute approximate surface area is 147 Å². The van der Waals surface area contributed by atoms with Gasteiger partial charge >= 0.3 is 0 Å². The molecule has 0 N–H and O–H groups in total. The van der Waals surface area contributed by atoms with E-state index in [4.69, 9.17) is 34.8 Å². The van der Waals surface area contributed by atoms with Gasteiger partial charge in [-0.05, 0) is 38.9 Å². The minimum Gasteiger partial charge on any atom is -0.362 e. The van der Waals surface area contributed by atoms with Gasteiger partial charge in [0.25, 0.3) is 22.6 Å². The molecule has 0 aliphatic carbocycles. The van der Waals surface area contributed by atoms with Gasteiger partial charge in [0.15, 0.2) is 0 Å². The maximum absolute atomic E-state index is 6.33. The molecule has 0 amide bonds. The summed E-state index contributed by atoms with van der Waals surface area (Å²) in [5.41, 5.74) is 0. The molecule has 1 fully saturated rings. The molecule has 1 aliphatic rings. The van der Waals surface area contributed by atoms with Crippen molar-refractivity contribution in [2.24, 2.45) is 0 Å². The topological polar surface area (TPSA) is 9.72 Å². The molecule has 1 heterocycles. The van der Waals surface area contributed by atoms with Gasteiger partial charge in [0.2, 0.25) is 0 Å². The molecule has 0 aromatic heterocycles. The quantitative estimate of drug-likeness (QED) is 0.463. The van der Waals surface area contributed by atoms with E-state index in [-0.39, 0.29) is 16.1 Å². The van der Waals surface area contributed by atoms with Crippen LogP contribution in [-0.4, -0.2) is 72.6 Å². The van der Waals surface area contributed by atoms with Crippen LogP contribution in [0.2, 0.25) is 0 Å². The van der Waals surface area contributed by atoms with Crippen LogP contribution in [0.15, 0.2) is 0 Å². The Hall–Kier alpha value is 0.945. The summed E-state index contributed by atoms with van der Waals surface area (Å²) in [6.45, 7) is 9.16. The van der Waals surface area contributed by atoms with Crippen LogP contribution in [0, 0.1) is 0 Å². The maximum Gasteiger partial charge on any atom is 0.270 e.